The van der Waals surface area contributed by atoms with Crippen LogP contribution in [-0.4, -0.2) is 21.0 Å². The molecule has 1 heterocycles. The van der Waals surface area contributed by atoms with Gasteiger partial charge in [0.2, 0.25) is 0 Å². The first-order valence-corrected chi connectivity index (χ1v) is 8.08. The predicted molar refractivity (Wildman–Crippen MR) is 94.9 cm³/mol. The van der Waals surface area contributed by atoms with Crippen LogP contribution in [0.4, 0.5) is 5.69 Å². The highest BCUT2D eigenvalue weighted by atomic mass is 32.1. The Bertz CT molecular complexity index is 665. The number of aryl methyl sites for hydroxylation is 2. The summed E-state index contributed by atoms with van der Waals surface area (Å²) >= 11 is 5.64. The molecule has 0 radical (unpaired) electrons. The van der Waals surface area contributed by atoms with Crippen molar-refractivity contribution in [1.82, 2.24) is 9.88 Å². The lowest BCUT2D eigenvalue weighted by Gasteiger charge is -2.26. The van der Waals surface area contributed by atoms with Gasteiger partial charge >= 0.3 is 0 Å². The summed E-state index contributed by atoms with van der Waals surface area (Å²) < 4.78 is 0. The van der Waals surface area contributed by atoms with Gasteiger partial charge in [-0.2, -0.15) is 0 Å². The number of rotatable bonds is 4. The highest BCUT2D eigenvalue weighted by molar-refractivity contribution is 7.80. The van der Waals surface area contributed by atoms with E-state index in [1.807, 2.05) is 12.3 Å². The molecule has 1 aliphatic rings. The minimum Gasteiger partial charge on any atom is -0.342 e. The molecule has 3 nitrogen and oxygen atoms in total. The molecule has 0 saturated heterocycles. The highest BCUT2D eigenvalue weighted by Crippen LogP contribution is 2.29. The summed E-state index contributed by atoms with van der Waals surface area (Å²) in [7, 11) is 0. The molecule has 22 heavy (non-hydrogen) atoms. The van der Waals surface area contributed by atoms with Crippen molar-refractivity contribution in [2.24, 2.45) is 0 Å². The third kappa shape index (κ3) is 3.63. The quantitative estimate of drug-likeness (QED) is 0.862. The number of benzene rings is 1. The summed E-state index contributed by atoms with van der Waals surface area (Å²) in [6, 6.07) is 11.0. The van der Waals surface area contributed by atoms with Crippen LogP contribution in [0, 0.1) is 13.8 Å². The summed E-state index contributed by atoms with van der Waals surface area (Å²) in [5.74, 6) is 0. The summed E-state index contributed by atoms with van der Waals surface area (Å²) in [6.45, 7) is 5.06. The molecule has 0 aliphatic heterocycles. The van der Waals surface area contributed by atoms with E-state index in [-0.39, 0.29) is 0 Å². The van der Waals surface area contributed by atoms with Crippen LogP contribution in [0.15, 0.2) is 42.7 Å². The predicted octanol–water partition coefficient (Wildman–Crippen LogP) is 4.06. The van der Waals surface area contributed by atoms with Crippen molar-refractivity contribution in [3.05, 3.63) is 59.4 Å². The molecule has 1 aromatic carbocycles. The SMILES string of the molecule is Cc1ccc(NC(=S)N(Cc2cccnc2)C2CC2)cc1C. The number of nitrogens with one attached hydrogen (secondary N) is 1. The van der Waals surface area contributed by atoms with E-state index in [0.29, 0.717) is 6.04 Å². The monoisotopic (exact) mass is 311 g/mol. The van der Waals surface area contributed by atoms with Crippen LogP contribution in [-0.2, 0) is 6.54 Å². The molecule has 0 bridgehead atoms. The summed E-state index contributed by atoms with van der Waals surface area (Å²) in [5, 5.41) is 4.19. The maximum atomic E-state index is 5.64. The second kappa shape index (κ2) is 6.44. The number of anilines is 1. The minimum absolute atomic E-state index is 0.562. The van der Waals surface area contributed by atoms with Gasteiger partial charge in [0.25, 0.3) is 0 Å². The fraction of sp³-hybridized carbons (Fsp3) is 0.333. The third-order valence-corrected chi connectivity index (χ3v) is 4.42. The third-order valence-electron chi connectivity index (χ3n) is 4.08. The Kier molecular flexibility index (Phi) is 4.39. The van der Waals surface area contributed by atoms with Gasteiger partial charge in [0.05, 0.1) is 0 Å². The molecule has 0 atom stereocenters. The summed E-state index contributed by atoms with van der Waals surface area (Å²) in [4.78, 5) is 6.47. The van der Waals surface area contributed by atoms with Crippen molar-refractivity contribution in [2.75, 3.05) is 5.32 Å². The Hall–Kier alpha value is -1.94. The van der Waals surface area contributed by atoms with Gasteiger partial charge in [-0.3, -0.25) is 4.98 Å². The van der Waals surface area contributed by atoms with Gasteiger partial charge in [-0.1, -0.05) is 12.1 Å². The Morgan fingerprint density at radius 2 is 2.09 bits per heavy atom. The first-order valence-electron chi connectivity index (χ1n) is 7.67. The van der Waals surface area contributed by atoms with Crippen molar-refractivity contribution in [3.8, 4) is 0 Å². The largest absolute Gasteiger partial charge is 0.342 e. The first-order chi connectivity index (χ1) is 10.6. The highest BCUT2D eigenvalue weighted by Gasteiger charge is 2.30. The summed E-state index contributed by atoms with van der Waals surface area (Å²) in [6.07, 6.45) is 6.15. The van der Waals surface area contributed by atoms with E-state index in [2.05, 4.69) is 53.3 Å². The molecule has 0 spiro atoms. The molecular formula is C18H21N3S. The van der Waals surface area contributed by atoms with Crippen LogP contribution in [0.3, 0.4) is 0 Å². The van der Waals surface area contributed by atoms with E-state index >= 15 is 0 Å². The van der Waals surface area contributed by atoms with Crippen molar-refractivity contribution >= 4 is 23.0 Å². The topological polar surface area (TPSA) is 28.2 Å². The van der Waals surface area contributed by atoms with Gasteiger partial charge in [0.1, 0.15) is 0 Å². The van der Waals surface area contributed by atoms with Gasteiger partial charge < -0.3 is 10.2 Å². The zero-order valence-electron chi connectivity index (χ0n) is 13.0. The van der Waals surface area contributed by atoms with Gasteiger partial charge in [0.15, 0.2) is 5.11 Å². The summed E-state index contributed by atoms with van der Waals surface area (Å²) in [5.41, 5.74) is 4.83. The fourth-order valence-corrected chi connectivity index (χ4v) is 2.79. The van der Waals surface area contributed by atoms with Crippen LogP contribution in [0.2, 0.25) is 0 Å². The Morgan fingerprint density at radius 3 is 2.73 bits per heavy atom. The van der Waals surface area contributed by atoms with Crippen molar-refractivity contribution in [1.29, 1.82) is 0 Å². The van der Waals surface area contributed by atoms with Crippen LogP contribution in [0.1, 0.15) is 29.5 Å². The van der Waals surface area contributed by atoms with Gasteiger partial charge in [-0.25, -0.2) is 0 Å². The van der Waals surface area contributed by atoms with Crippen molar-refractivity contribution in [3.63, 3.8) is 0 Å². The minimum atomic E-state index is 0.562. The Morgan fingerprint density at radius 1 is 1.27 bits per heavy atom. The van der Waals surface area contributed by atoms with Crippen LogP contribution < -0.4 is 5.32 Å². The van der Waals surface area contributed by atoms with Crippen molar-refractivity contribution in [2.45, 2.75) is 39.3 Å². The van der Waals surface area contributed by atoms with Crippen LogP contribution >= 0.6 is 12.2 Å². The number of nitrogens with zero attached hydrogens (tertiary/aromatic N) is 2. The van der Waals surface area contributed by atoms with E-state index in [0.717, 1.165) is 17.3 Å². The number of pyridine rings is 1. The Labute approximate surface area is 137 Å². The average Bonchev–Trinajstić information content (AvgIpc) is 3.34. The normalized spacial score (nSPS) is 13.7. The van der Waals surface area contributed by atoms with Gasteiger partial charge in [0, 0.05) is 30.7 Å². The number of hydrogen-bond donors (Lipinski definition) is 1. The molecular weight excluding hydrogens is 290 g/mol. The van der Waals surface area contributed by atoms with E-state index < -0.39 is 0 Å². The smallest absolute Gasteiger partial charge is 0.173 e. The van der Waals surface area contributed by atoms with E-state index in [1.54, 1.807) is 6.20 Å². The number of thiocarbonyl (C=S) groups is 1. The van der Waals surface area contributed by atoms with E-state index in [1.165, 1.54) is 29.5 Å². The molecule has 114 valence electrons. The van der Waals surface area contributed by atoms with Gasteiger partial charge in [-0.15, -0.1) is 0 Å². The lowest BCUT2D eigenvalue weighted by Crippen LogP contribution is -2.36. The van der Waals surface area contributed by atoms with Gasteiger partial charge in [-0.05, 0) is 73.8 Å². The lowest BCUT2D eigenvalue weighted by atomic mass is 10.1. The second-order valence-electron chi connectivity index (χ2n) is 5.95. The maximum Gasteiger partial charge on any atom is 0.173 e. The van der Waals surface area contributed by atoms with E-state index in [9.17, 15) is 0 Å². The molecule has 0 amide bonds. The van der Waals surface area contributed by atoms with E-state index in [4.69, 9.17) is 12.2 Å². The molecule has 3 rings (SSSR count). The lowest BCUT2D eigenvalue weighted by molar-refractivity contribution is 0.409. The molecule has 1 N–H and O–H groups in total. The molecule has 1 aliphatic carbocycles. The second-order valence-corrected chi connectivity index (χ2v) is 6.34. The molecule has 1 aromatic heterocycles. The standard InChI is InChI=1S/C18H21N3S/c1-13-5-6-16(10-14(13)2)20-18(22)21(17-7-8-17)12-15-4-3-9-19-11-15/h3-6,9-11,17H,7-8,12H2,1-2H3,(H,20,22). The number of hydrogen-bond acceptors (Lipinski definition) is 2. The maximum absolute atomic E-state index is 5.64. The molecule has 4 heteroatoms. The van der Waals surface area contributed by atoms with Crippen LogP contribution in [0.25, 0.3) is 0 Å². The zero-order valence-corrected chi connectivity index (χ0v) is 13.9. The van der Waals surface area contributed by atoms with Crippen LogP contribution in [0.5, 0.6) is 0 Å². The average molecular weight is 311 g/mol. The fourth-order valence-electron chi connectivity index (χ4n) is 2.46. The number of aromatic nitrogens is 1. The molecule has 2 aromatic rings. The zero-order chi connectivity index (χ0) is 15.5. The molecule has 1 fully saturated rings. The molecule has 1 saturated carbocycles. The molecule has 0 unspecified atom stereocenters. The first kappa shape index (κ1) is 15.0. The van der Waals surface area contributed by atoms with Crippen molar-refractivity contribution < 1.29 is 0 Å². The Balaban J connectivity index is 1.71.